The Morgan fingerprint density at radius 3 is 2.19 bits per heavy atom. The summed E-state index contributed by atoms with van der Waals surface area (Å²) in [7, 11) is 0. The van der Waals surface area contributed by atoms with Gasteiger partial charge in [0.25, 0.3) is 0 Å². The van der Waals surface area contributed by atoms with Crippen molar-refractivity contribution in [1.82, 2.24) is 0 Å². The Morgan fingerprint density at radius 1 is 1.05 bits per heavy atom. The predicted octanol–water partition coefficient (Wildman–Crippen LogP) is 4.99. The van der Waals surface area contributed by atoms with E-state index in [4.69, 9.17) is 0 Å². The van der Waals surface area contributed by atoms with Crippen LogP contribution in [0, 0.1) is 17.8 Å². The molecule has 4 bridgehead atoms. The highest BCUT2D eigenvalue weighted by molar-refractivity contribution is 5.38. The van der Waals surface area contributed by atoms with Crippen molar-refractivity contribution in [3.8, 4) is 0 Å². The minimum absolute atomic E-state index is 0.265. The molecule has 4 aliphatic rings. The molecule has 1 aromatic carbocycles. The lowest BCUT2D eigenvalue weighted by Gasteiger charge is -2.57. The minimum atomic E-state index is -0.265. The molecule has 0 heterocycles. The average Bonchev–Trinajstić information content (AvgIpc) is 2.46. The number of rotatable bonds is 4. The molecule has 0 aliphatic heterocycles. The predicted molar refractivity (Wildman–Crippen MR) is 86.2 cm³/mol. The van der Waals surface area contributed by atoms with Gasteiger partial charge in [-0.15, -0.1) is 0 Å². The lowest BCUT2D eigenvalue weighted by Crippen LogP contribution is -2.49. The first-order valence-corrected chi connectivity index (χ1v) is 8.97. The Morgan fingerprint density at radius 2 is 1.62 bits per heavy atom. The summed E-state index contributed by atoms with van der Waals surface area (Å²) in [5.74, 6) is 2.90. The van der Waals surface area contributed by atoms with Crippen LogP contribution < -0.4 is 0 Å². The van der Waals surface area contributed by atoms with Gasteiger partial charge in [-0.05, 0) is 79.2 Å². The van der Waals surface area contributed by atoms with Gasteiger partial charge < -0.3 is 5.11 Å². The smallest absolute Gasteiger partial charge is 0.0792 e. The van der Waals surface area contributed by atoms with Crippen molar-refractivity contribution in [3.05, 3.63) is 35.4 Å². The highest BCUT2D eigenvalue weighted by atomic mass is 16.3. The molecule has 0 aromatic heterocycles. The second-order valence-corrected chi connectivity index (χ2v) is 8.09. The van der Waals surface area contributed by atoms with Crippen LogP contribution in [0.25, 0.3) is 0 Å². The SMILES string of the molecule is CCCC(O)c1ccccc1C12CC3CC(CC(C3)C1)C2. The second kappa shape index (κ2) is 5.12. The van der Waals surface area contributed by atoms with Crippen LogP contribution in [0.1, 0.15) is 75.5 Å². The summed E-state index contributed by atoms with van der Waals surface area (Å²) in [4.78, 5) is 0. The molecule has 1 N–H and O–H groups in total. The van der Waals surface area contributed by atoms with E-state index < -0.39 is 0 Å². The number of hydrogen-bond donors (Lipinski definition) is 1. The maximum absolute atomic E-state index is 10.6. The van der Waals surface area contributed by atoms with Gasteiger partial charge in [0.1, 0.15) is 0 Å². The summed E-state index contributed by atoms with van der Waals surface area (Å²) in [5, 5.41) is 10.6. The van der Waals surface area contributed by atoms with Crippen LogP contribution in [0.2, 0.25) is 0 Å². The van der Waals surface area contributed by atoms with Crippen molar-refractivity contribution in [2.75, 3.05) is 0 Å². The quantitative estimate of drug-likeness (QED) is 0.826. The zero-order chi connectivity index (χ0) is 14.4. The van der Waals surface area contributed by atoms with Crippen molar-refractivity contribution in [3.63, 3.8) is 0 Å². The van der Waals surface area contributed by atoms with E-state index in [0.717, 1.165) is 30.6 Å². The molecular weight excluding hydrogens is 256 g/mol. The van der Waals surface area contributed by atoms with E-state index in [-0.39, 0.29) is 6.10 Å². The summed E-state index contributed by atoms with van der Waals surface area (Å²) < 4.78 is 0. The minimum Gasteiger partial charge on any atom is -0.388 e. The maximum Gasteiger partial charge on any atom is 0.0792 e. The third-order valence-corrected chi connectivity index (χ3v) is 6.49. The maximum atomic E-state index is 10.6. The molecule has 0 spiro atoms. The largest absolute Gasteiger partial charge is 0.388 e. The van der Waals surface area contributed by atoms with Crippen LogP contribution in [0.3, 0.4) is 0 Å². The van der Waals surface area contributed by atoms with E-state index in [9.17, 15) is 5.11 Å². The van der Waals surface area contributed by atoms with Gasteiger partial charge in [-0.2, -0.15) is 0 Å². The lowest BCUT2D eigenvalue weighted by atomic mass is 9.47. The summed E-state index contributed by atoms with van der Waals surface area (Å²) in [5.41, 5.74) is 3.14. The standard InChI is InChI=1S/C20H28O/c1-2-5-19(21)17-6-3-4-7-18(17)20-11-14-8-15(12-20)10-16(9-14)13-20/h3-4,6-7,14-16,19,21H,2,5,8-13H2,1H3. The van der Waals surface area contributed by atoms with Gasteiger partial charge in [0.2, 0.25) is 0 Å². The lowest BCUT2D eigenvalue weighted by molar-refractivity contribution is -0.00672. The van der Waals surface area contributed by atoms with Gasteiger partial charge in [-0.3, -0.25) is 0 Å². The molecule has 1 unspecified atom stereocenters. The molecule has 4 fully saturated rings. The Bertz CT molecular complexity index is 483. The highest BCUT2D eigenvalue weighted by Gasteiger charge is 2.52. The van der Waals surface area contributed by atoms with Crippen LogP contribution >= 0.6 is 0 Å². The topological polar surface area (TPSA) is 20.2 Å². The van der Waals surface area contributed by atoms with Gasteiger partial charge in [-0.1, -0.05) is 37.6 Å². The number of benzene rings is 1. The Hall–Kier alpha value is -0.820. The fourth-order valence-electron chi connectivity index (χ4n) is 6.14. The number of hydrogen-bond acceptors (Lipinski definition) is 1. The molecule has 0 saturated heterocycles. The van der Waals surface area contributed by atoms with Crippen molar-refractivity contribution in [1.29, 1.82) is 0 Å². The molecule has 4 saturated carbocycles. The molecule has 1 nitrogen and oxygen atoms in total. The Balaban J connectivity index is 1.73. The summed E-state index contributed by atoms with van der Waals surface area (Å²) in [6, 6.07) is 8.82. The summed E-state index contributed by atoms with van der Waals surface area (Å²) in [6.45, 7) is 2.16. The third-order valence-electron chi connectivity index (χ3n) is 6.49. The Kier molecular flexibility index (Phi) is 3.37. The van der Waals surface area contributed by atoms with Crippen molar-refractivity contribution >= 4 is 0 Å². The van der Waals surface area contributed by atoms with E-state index in [0.29, 0.717) is 5.41 Å². The van der Waals surface area contributed by atoms with Crippen LogP contribution in [-0.4, -0.2) is 5.11 Å². The fraction of sp³-hybridized carbons (Fsp3) is 0.700. The normalized spacial score (nSPS) is 38.7. The van der Waals surface area contributed by atoms with Gasteiger partial charge in [0, 0.05) is 0 Å². The zero-order valence-electron chi connectivity index (χ0n) is 13.2. The van der Waals surface area contributed by atoms with Gasteiger partial charge in [0.15, 0.2) is 0 Å². The van der Waals surface area contributed by atoms with Crippen LogP contribution in [0.4, 0.5) is 0 Å². The molecule has 1 atom stereocenters. The number of aliphatic hydroxyl groups is 1. The van der Waals surface area contributed by atoms with E-state index in [1.807, 2.05) is 0 Å². The van der Waals surface area contributed by atoms with Gasteiger partial charge >= 0.3 is 0 Å². The highest BCUT2D eigenvalue weighted by Crippen LogP contribution is 2.61. The molecule has 5 rings (SSSR count). The van der Waals surface area contributed by atoms with Gasteiger partial charge in [0.05, 0.1) is 6.10 Å². The first kappa shape index (κ1) is 13.8. The fourth-order valence-corrected chi connectivity index (χ4v) is 6.14. The monoisotopic (exact) mass is 284 g/mol. The van der Waals surface area contributed by atoms with Crippen LogP contribution in [-0.2, 0) is 5.41 Å². The summed E-state index contributed by atoms with van der Waals surface area (Å²) >= 11 is 0. The van der Waals surface area contributed by atoms with Crippen LogP contribution in [0.5, 0.6) is 0 Å². The number of aliphatic hydroxyl groups excluding tert-OH is 1. The molecule has 4 aliphatic carbocycles. The molecule has 0 radical (unpaired) electrons. The van der Waals surface area contributed by atoms with Crippen molar-refractivity contribution < 1.29 is 5.11 Å². The zero-order valence-corrected chi connectivity index (χ0v) is 13.2. The van der Waals surface area contributed by atoms with E-state index >= 15 is 0 Å². The van der Waals surface area contributed by atoms with Crippen molar-refractivity contribution in [2.24, 2.45) is 17.8 Å². The Labute approximate surface area is 128 Å². The molecule has 0 amide bonds. The average molecular weight is 284 g/mol. The molecule has 1 aromatic rings. The molecular formula is C20H28O. The first-order chi connectivity index (χ1) is 10.2. The van der Waals surface area contributed by atoms with Crippen molar-refractivity contribution in [2.45, 2.75) is 69.8 Å². The molecule has 114 valence electrons. The molecule has 1 heteroatoms. The molecule has 21 heavy (non-hydrogen) atoms. The van der Waals surface area contributed by atoms with Crippen LogP contribution in [0.15, 0.2) is 24.3 Å². The summed E-state index contributed by atoms with van der Waals surface area (Å²) in [6.07, 6.45) is 10.3. The van der Waals surface area contributed by atoms with Gasteiger partial charge in [-0.25, -0.2) is 0 Å². The third kappa shape index (κ3) is 2.25. The second-order valence-electron chi connectivity index (χ2n) is 8.09. The van der Waals surface area contributed by atoms with E-state index in [1.165, 1.54) is 49.7 Å². The van der Waals surface area contributed by atoms with E-state index in [2.05, 4.69) is 31.2 Å². The first-order valence-electron chi connectivity index (χ1n) is 8.97. The van der Waals surface area contributed by atoms with E-state index in [1.54, 1.807) is 0 Å².